The highest BCUT2D eigenvalue weighted by atomic mass is 16.5. The summed E-state index contributed by atoms with van der Waals surface area (Å²) in [7, 11) is 0. The second kappa shape index (κ2) is 5.74. The lowest BCUT2D eigenvalue weighted by Gasteiger charge is -2.21. The summed E-state index contributed by atoms with van der Waals surface area (Å²) in [4.78, 5) is 16.0. The maximum atomic E-state index is 12.0. The molecule has 1 aromatic heterocycles. The van der Waals surface area contributed by atoms with E-state index in [2.05, 4.69) is 10.3 Å². The number of benzene rings is 1. The molecule has 1 N–H and O–H groups in total. The van der Waals surface area contributed by atoms with Gasteiger partial charge in [0.1, 0.15) is 11.4 Å². The number of nitrogens with zero attached hydrogens (tertiary/aromatic N) is 1. The van der Waals surface area contributed by atoms with Gasteiger partial charge < -0.3 is 10.1 Å². The van der Waals surface area contributed by atoms with Gasteiger partial charge >= 0.3 is 0 Å². The fourth-order valence-electron chi connectivity index (χ4n) is 1.67. The van der Waals surface area contributed by atoms with Crippen LogP contribution in [0.2, 0.25) is 0 Å². The molecule has 0 atom stereocenters. The molecule has 0 aliphatic carbocycles. The standard InChI is InChI=1S/C16H18N2O2/c1-16(2,3)20-14-8-6-12(7-9-14)15(19)18-13-5-4-10-17-11-13/h4-11H,1-3H3,(H,18,19). The third-order valence-electron chi connectivity index (χ3n) is 2.46. The first-order valence-corrected chi connectivity index (χ1v) is 6.44. The molecule has 1 aromatic carbocycles. The summed E-state index contributed by atoms with van der Waals surface area (Å²) in [6.45, 7) is 5.95. The number of pyridine rings is 1. The van der Waals surface area contributed by atoms with E-state index in [0.717, 1.165) is 5.75 Å². The van der Waals surface area contributed by atoms with Crippen molar-refractivity contribution < 1.29 is 9.53 Å². The van der Waals surface area contributed by atoms with Crippen LogP contribution in [0.5, 0.6) is 5.75 Å². The minimum atomic E-state index is -0.251. The summed E-state index contributed by atoms with van der Waals surface area (Å²) < 4.78 is 5.71. The molecule has 2 rings (SSSR count). The summed E-state index contributed by atoms with van der Waals surface area (Å²) in [5.41, 5.74) is 1.00. The van der Waals surface area contributed by atoms with Gasteiger partial charge in [0, 0.05) is 11.8 Å². The Labute approximate surface area is 118 Å². The van der Waals surface area contributed by atoms with E-state index < -0.39 is 0 Å². The lowest BCUT2D eigenvalue weighted by atomic mass is 10.1. The number of anilines is 1. The van der Waals surface area contributed by atoms with Crippen LogP contribution in [-0.2, 0) is 0 Å². The van der Waals surface area contributed by atoms with Gasteiger partial charge in [-0.2, -0.15) is 0 Å². The molecular formula is C16H18N2O2. The van der Waals surface area contributed by atoms with E-state index in [1.54, 1.807) is 48.8 Å². The summed E-state index contributed by atoms with van der Waals surface area (Å²) in [6.07, 6.45) is 3.27. The Bertz CT molecular complexity index is 572. The molecule has 0 unspecified atom stereocenters. The van der Waals surface area contributed by atoms with Crippen molar-refractivity contribution in [1.29, 1.82) is 0 Å². The minimum Gasteiger partial charge on any atom is -0.488 e. The van der Waals surface area contributed by atoms with Crippen molar-refractivity contribution >= 4 is 11.6 Å². The Balaban J connectivity index is 2.04. The molecule has 0 aliphatic heterocycles. The number of hydrogen-bond acceptors (Lipinski definition) is 3. The van der Waals surface area contributed by atoms with Crippen molar-refractivity contribution in [3.8, 4) is 5.75 Å². The minimum absolute atomic E-state index is 0.166. The molecule has 0 radical (unpaired) electrons. The second-order valence-corrected chi connectivity index (χ2v) is 5.43. The highest BCUT2D eigenvalue weighted by Crippen LogP contribution is 2.19. The number of carbonyl (C=O) groups is 1. The van der Waals surface area contributed by atoms with Crippen LogP contribution >= 0.6 is 0 Å². The molecule has 0 fully saturated rings. The van der Waals surface area contributed by atoms with Crippen LogP contribution in [0.1, 0.15) is 31.1 Å². The van der Waals surface area contributed by atoms with Crippen LogP contribution in [0.15, 0.2) is 48.8 Å². The number of aromatic nitrogens is 1. The maximum Gasteiger partial charge on any atom is 0.255 e. The number of hydrogen-bond donors (Lipinski definition) is 1. The Kier molecular flexibility index (Phi) is 4.03. The van der Waals surface area contributed by atoms with Gasteiger partial charge in [-0.3, -0.25) is 9.78 Å². The van der Waals surface area contributed by atoms with Crippen LogP contribution < -0.4 is 10.1 Å². The van der Waals surface area contributed by atoms with Gasteiger partial charge in [0.25, 0.3) is 5.91 Å². The predicted molar refractivity (Wildman–Crippen MR) is 79.0 cm³/mol. The monoisotopic (exact) mass is 270 g/mol. The van der Waals surface area contributed by atoms with Crippen LogP contribution in [0.3, 0.4) is 0 Å². The zero-order chi connectivity index (χ0) is 14.6. The number of amides is 1. The molecule has 0 bridgehead atoms. The van der Waals surface area contributed by atoms with E-state index >= 15 is 0 Å². The van der Waals surface area contributed by atoms with Gasteiger partial charge in [0.2, 0.25) is 0 Å². The fourth-order valence-corrected chi connectivity index (χ4v) is 1.67. The van der Waals surface area contributed by atoms with E-state index in [1.165, 1.54) is 0 Å². The number of ether oxygens (including phenoxy) is 1. The first kappa shape index (κ1) is 14.1. The number of rotatable bonds is 3. The van der Waals surface area contributed by atoms with Crippen molar-refractivity contribution in [1.82, 2.24) is 4.98 Å². The summed E-state index contributed by atoms with van der Waals surface area (Å²) >= 11 is 0. The third kappa shape index (κ3) is 4.09. The molecule has 0 saturated carbocycles. The van der Waals surface area contributed by atoms with Crippen LogP contribution in [-0.4, -0.2) is 16.5 Å². The zero-order valence-electron chi connectivity index (χ0n) is 11.9. The molecule has 4 nitrogen and oxygen atoms in total. The summed E-state index contributed by atoms with van der Waals surface area (Å²) in [5.74, 6) is 0.579. The Morgan fingerprint density at radius 1 is 1.15 bits per heavy atom. The lowest BCUT2D eigenvalue weighted by Crippen LogP contribution is -2.23. The molecule has 2 aromatic rings. The number of carbonyl (C=O) groups excluding carboxylic acids is 1. The zero-order valence-corrected chi connectivity index (χ0v) is 11.9. The smallest absolute Gasteiger partial charge is 0.255 e. The van der Waals surface area contributed by atoms with Gasteiger partial charge in [0.05, 0.1) is 11.9 Å². The molecule has 104 valence electrons. The average Bonchev–Trinajstić information content (AvgIpc) is 2.39. The molecule has 1 heterocycles. The quantitative estimate of drug-likeness (QED) is 0.928. The van der Waals surface area contributed by atoms with Crippen molar-refractivity contribution in [2.75, 3.05) is 5.32 Å². The van der Waals surface area contributed by atoms with Crippen molar-refractivity contribution in [2.24, 2.45) is 0 Å². The highest BCUT2D eigenvalue weighted by Gasteiger charge is 2.12. The van der Waals surface area contributed by atoms with Gasteiger partial charge in [-0.15, -0.1) is 0 Å². The van der Waals surface area contributed by atoms with Crippen molar-refractivity contribution in [2.45, 2.75) is 26.4 Å². The van der Waals surface area contributed by atoms with E-state index in [-0.39, 0.29) is 11.5 Å². The fraction of sp³-hybridized carbons (Fsp3) is 0.250. The van der Waals surface area contributed by atoms with Gasteiger partial charge in [-0.1, -0.05) is 0 Å². The first-order chi connectivity index (χ1) is 9.44. The topological polar surface area (TPSA) is 51.2 Å². The second-order valence-electron chi connectivity index (χ2n) is 5.43. The van der Waals surface area contributed by atoms with E-state index in [4.69, 9.17) is 4.74 Å². The Morgan fingerprint density at radius 2 is 1.85 bits per heavy atom. The average molecular weight is 270 g/mol. The van der Waals surface area contributed by atoms with Crippen LogP contribution in [0, 0.1) is 0 Å². The Hall–Kier alpha value is -2.36. The molecule has 0 spiro atoms. The molecule has 20 heavy (non-hydrogen) atoms. The van der Waals surface area contributed by atoms with Gasteiger partial charge in [-0.25, -0.2) is 0 Å². The summed E-state index contributed by atoms with van der Waals surface area (Å²) in [6, 6.07) is 10.6. The van der Waals surface area contributed by atoms with Gasteiger partial charge in [0.15, 0.2) is 0 Å². The molecule has 1 amide bonds. The molecular weight excluding hydrogens is 252 g/mol. The highest BCUT2D eigenvalue weighted by molar-refractivity contribution is 6.04. The molecule has 4 heteroatoms. The van der Waals surface area contributed by atoms with Gasteiger partial charge in [-0.05, 0) is 57.2 Å². The maximum absolute atomic E-state index is 12.0. The van der Waals surface area contributed by atoms with E-state index in [9.17, 15) is 4.79 Å². The number of nitrogens with one attached hydrogen (secondary N) is 1. The normalized spacial score (nSPS) is 10.9. The van der Waals surface area contributed by atoms with E-state index in [0.29, 0.717) is 11.3 Å². The van der Waals surface area contributed by atoms with Crippen LogP contribution in [0.4, 0.5) is 5.69 Å². The van der Waals surface area contributed by atoms with Crippen molar-refractivity contribution in [3.63, 3.8) is 0 Å². The third-order valence-corrected chi connectivity index (χ3v) is 2.46. The summed E-state index contributed by atoms with van der Waals surface area (Å²) in [5, 5.41) is 2.78. The van der Waals surface area contributed by atoms with Crippen molar-refractivity contribution in [3.05, 3.63) is 54.4 Å². The van der Waals surface area contributed by atoms with E-state index in [1.807, 2.05) is 20.8 Å². The largest absolute Gasteiger partial charge is 0.488 e. The first-order valence-electron chi connectivity index (χ1n) is 6.44. The van der Waals surface area contributed by atoms with Crippen LogP contribution in [0.25, 0.3) is 0 Å². The molecule has 0 aliphatic rings. The lowest BCUT2D eigenvalue weighted by molar-refractivity contribution is 0.102. The Morgan fingerprint density at radius 3 is 2.40 bits per heavy atom. The SMILES string of the molecule is CC(C)(C)Oc1ccc(C(=O)Nc2cccnc2)cc1. The predicted octanol–water partition coefficient (Wildman–Crippen LogP) is 3.51. The molecule has 0 saturated heterocycles.